The molecule has 124 valence electrons. The van der Waals surface area contributed by atoms with Gasteiger partial charge in [-0.3, -0.25) is 9.47 Å². The first kappa shape index (κ1) is 15.0. The molecular weight excluding hydrogens is 300 g/mol. The van der Waals surface area contributed by atoms with Crippen molar-refractivity contribution in [2.24, 2.45) is 0 Å². The molecule has 1 saturated heterocycles. The lowest BCUT2D eigenvalue weighted by Crippen LogP contribution is -2.47. The molecule has 5 heteroatoms. The van der Waals surface area contributed by atoms with Crippen LogP contribution in [-0.4, -0.2) is 40.6 Å². The first-order chi connectivity index (χ1) is 11.7. The number of para-hydroxylation sites is 2. The average Bonchev–Trinajstić information content (AvgIpc) is 2.92. The lowest BCUT2D eigenvalue weighted by Gasteiger charge is -2.36. The first-order valence-corrected chi connectivity index (χ1v) is 8.42. The first-order valence-electron chi connectivity index (χ1n) is 8.42. The summed E-state index contributed by atoms with van der Waals surface area (Å²) in [5, 5.41) is 0. The lowest BCUT2D eigenvalue weighted by atomic mass is 10.2. The topological polar surface area (TPSA) is 44.3 Å². The Labute approximate surface area is 141 Å². The minimum Gasteiger partial charge on any atom is -0.369 e. The summed E-state index contributed by atoms with van der Waals surface area (Å²) in [4.78, 5) is 19.9. The maximum Gasteiger partial charge on any atom is 0.327 e. The van der Waals surface area contributed by atoms with E-state index in [4.69, 9.17) is 0 Å². The molecule has 2 heterocycles. The zero-order valence-electron chi connectivity index (χ0n) is 13.9. The van der Waals surface area contributed by atoms with Crippen molar-refractivity contribution >= 4 is 16.7 Å². The van der Waals surface area contributed by atoms with Gasteiger partial charge in [-0.05, 0) is 31.2 Å². The fourth-order valence-electron chi connectivity index (χ4n) is 3.35. The molecule has 2 aromatic carbocycles. The summed E-state index contributed by atoms with van der Waals surface area (Å²) in [5.74, 6) is 0. The van der Waals surface area contributed by atoms with Gasteiger partial charge in [0.15, 0.2) is 0 Å². The smallest absolute Gasteiger partial charge is 0.327 e. The van der Waals surface area contributed by atoms with E-state index in [2.05, 4.69) is 46.0 Å². The molecule has 0 unspecified atom stereocenters. The number of aryl methyl sites for hydroxylation is 1. The monoisotopic (exact) mass is 322 g/mol. The molecule has 0 atom stereocenters. The highest BCUT2D eigenvalue weighted by Crippen LogP contribution is 2.18. The van der Waals surface area contributed by atoms with Gasteiger partial charge in [-0.1, -0.05) is 29.8 Å². The summed E-state index contributed by atoms with van der Waals surface area (Å²) in [5.41, 5.74) is 4.42. The Morgan fingerprint density at radius 2 is 1.67 bits per heavy atom. The number of rotatable bonds is 3. The van der Waals surface area contributed by atoms with Crippen LogP contribution in [0.2, 0.25) is 0 Å². The van der Waals surface area contributed by atoms with E-state index in [-0.39, 0.29) is 5.69 Å². The molecule has 1 aliphatic rings. The lowest BCUT2D eigenvalue weighted by molar-refractivity contribution is 0.206. The average molecular weight is 322 g/mol. The van der Waals surface area contributed by atoms with Gasteiger partial charge < -0.3 is 9.88 Å². The van der Waals surface area contributed by atoms with Crippen molar-refractivity contribution < 1.29 is 0 Å². The second-order valence-electron chi connectivity index (χ2n) is 6.46. The van der Waals surface area contributed by atoms with E-state index in [0.717, 1.165) is 37.2 Å². The number of anilines is 1. The Morgan fingerprint density at radius 3 is 2.42 bits per heavy atom. The summed E-state index contributed by atoms with van der Waals surface area (Å²) in [6.07, 6.45) is 0. The number of piperazine rings is 1. The van der Waals surface area contributed by atoms with Crippen LogP contribution in [0.4, 0.5) is 5.69 Å². The van der Waals surface area contributed by atoms with Crippen LogP contribution in [0.15, 0.2) is 53.3 Å². The van der Waals surface area contributed by atoms with Crippen LogP contribution < -0.4 is 10.6 Å². The highest BCUT2D eigenvalue weighted by molar-refractivity contribution is 5.74. The molecule has 1 fully saturated rings. The number of nitrogens with zero attached hydrogens (tertiary/aromatic N) is 3. The van der Waals surface area contributed by atoms with Gasteiger partial charge in [-0.15, -0.1) is 0 Å². The van der Waals surface area contributed by atoms with Gasteiger partial charge in [0, 0.05) is 31.9 Å². The number of nitrogens with one attached hydrogen (secondary N) is 1. The van der Waals surface area contributed by atoms with Crippen molar-refractivity contribution in [3.05, 3.63) is 64.6 Å². The fraction of sp³-hybridized carbons (Fsp3) is 0.316. The zero-order chi connectivity index (χ0) is 16.5. The predicted octanol–water partition coefficient (Wildman–Crippen LogP) is 2.42. The highest BCUT2D eigenvalue weighted by Gasteiger charge is 2.18. The molecule has 1 aliphatic heterocycles. The van der Waals surface area contributed by atoms with Gasteiger partial charge in [0.25, 0.3) is 0 Å². The van der Waals surface area contributed by atoms with Gasteiger partial charge in [0.2, 0.25) is 0 Å². The zero-order valence-corrected chi connectivity index (χ0v) is 13.9. The van der Waals surface area contributed by atoms with Crippen LogP contribution in [0.5, 0.6) is 0 Å². The molecule has 0 radical (unpaired) electrons. The maximum absolute atomic E-state index is 12.2. The Balaban J connectivity index is 1.45. The number of benzene rings is 2. The van der Waals surface area contributed by atoms with E-state index < -0.39 is 0 Å². The van der Waals surface area contributed by atoms with Crippen LogP contribution in [0, 0.1) is 6.92 Å². The van der Waals surface area contributed by atoms with Crippen molar-refractivity contribution in [2.45, 2.75) is 13.6 Å². The summed E-state index contributed by atoms with van der Waals surface area (Å²) in [7, 11) is 0. The molecule has 1 aromatic heterocycles. The molecule has 1 N–H and O–H groups in total. The van der Waals surface area contributed by atoms with Gasteiger partial charge >= 0.3 is 5.69 Å². The number of imidazole rings is 1. The number of hydrogen-bond acceptors (Lipinski definition) is 3. The second kappa shape index (κ2) is 6.17. The number of fused-ring (bicyclic) bond motifs is 1. The molecule has 4 rings (SSSR count). The van der Waals surface area contributed by atoms with E-state index in [1.54, 1.807) is 0 Å². The molecule has 0 spiro atoms. The third-order valence-corrected chi connectivity index (χ3v) is 4.79. The van der Waals surface area contributed by atoms with Crippen molar-refractivity contribution in [3.8, 4) is 0 Å². The Bertz CT molecular complexity index is 886. The Hall–Kier alpha value is -2.53. The molecule has 5 nitrogen and oxygen atoms in total. The van der Waals surface area contributed by atoms with E-state index in [1.165, 1.54) is 11.3 Å². The van der Waals surface area contributed by atoms with Crippen LogP contribution in [0.3, 0.4) is 0 Å². The SMILES string of the molecule is Cc1ccc(N2CCN(Cn3c(=O)[nH]c4ccccc43)CC2)cc1. The Kier molecular flexibility index (Phi) is 3.86. The van der Waals surface area contributed by atoms with Gasteiger partial charge in [-0.25, -0.2) is 4.79 Å². The third kappa shape index (κ3) is 2.83. The molecule has 0 amide bonds. The van der Waals surface area contributed by atoms with Crippen molar-refractivity contribution in [2.75, 3.05) is 31.1 Å². The quantitative estimate of drug-likeness (QED) is 0.805. The number of H-pyrrole nitrogens is 1. The van der Waals surface area contributed by atoms with Gasteiger partial charge in [0.1, 0.15) is 0 Å². The van der Waals surface area contributed by atoms with Gasteiger partial charge in [0.05, 0.1) is 17.7 Å². The van der Waals surface area contributed by atoms with Crippen molar-refractivity contribution in [1.82, 2.24) is 14.5 Å². The van der Waals surface area contributed by atoms with E-state index in [9.17, 15) is 4.79 Å². The van der Waals surface area contributed by atoms with Crippen LogP contribution in [0.25, 0.3) is 11.0 Å². The molecular formula is C19H22N4O. The maximum atomic E-state index is 12.2. The van der Waals surface area contributed by atoms with Crippen LogP contribution in [-0.2, 0) is 6.67 Å². The predicted molar refractivity (Wildman–Crippen MR) is 97.5 cm³/mol. The summed E-state index contributed by atoms with van der Waals surface area (Å²) in [6, 6.07) is 16.6. The number of hydrogen-bond donors (Lipinski definition) is 1. The van der Waals surface area contributed by atoms with Crippen molar-refractivity contribution in [1.29, 1.82) is 0 Å². The molecule has 3 aromatic rings. The van der Waals surface area contributed by atoms with Gasteiger partial charge in [-0.2, -0.15) is 0 Å². The third-order valence-electron chi connectivity index (χ3n) is 4.79. The number of aromatic nitrogens is 2. The standard InChI is InChI=1S/C19H22N4O/c1-15-6-8-16(9-7-15)22-12-10-21(11-13-22)14-23-18-5-3-2-4-17(18)20-19(23)24/h2-9H,10-14H2,1H3,(H,20,24). The van der Waals surface area contributed by atoms with E-state index in [1.807, 2.05) is 28.8 Å². The summed E-state index contributed by atoms with van der Waals surface area (Å²) >= 11 is 0. The molecule has 0 saturated carbocycles. The highest BCUT2D eigenvalue weighted by atomic mass is 16.1. The normalized spacial score (nSPS) is 16.0. The second-order valence-corrected chi connectivity index (χ2v) is 6.46. The minimum absolute atomic E-state index is 0.0304. The summed E-state index contributed by atoms with van der Waals surface area (Å²) in [6.45, 7) is 6.64. The van der Waals surface area contributed by atoms with E-state index >= 15 is 0 Å². The van der Waals surface area contributed by atoms with Crippen molar-refractivity contribution in [3.63, 3.8) is 0 Å². The molecule has 24 heavy (non-hydrogen) atoms. The Morgan fingerprint density at radius 1 is 0.958 bits per heavy atom. The largest absolute Gasteiger partial charge is 0.369 e. The molecule has 0 bridgehead atoms. The minimum atomic E-state index is -0.0304. The van der Waals surface area contributed by atoms with Crippen LogP contribution in [0.1, 0.15) is 5.56 Å². The van der Waals surface area contributed by atoms with E-state index in [0.29, 0.717) is 6.67 Å². The van der Waals surface area contributed by atoms with Crippen LogP contribution >= 0.6 is 0 Å². The fourth-order valence-corrected chi connectivity index (χ4v) is 3.35. The molecule has 0 aliphatic carbocycles. The number of aromatic amines is 1. The summed E-state index contributed by atoms with van der Waals surface area (Å²) < 4.78 is 1.83.